The van der Waals surface area contributed by atoms with Crippen LogP contribution in [0, 0.1) is 6.92 Å². The first-order chi connectivity index (χ1) is 18.3. The van der Waals surface area contributed by atoms with E-state index in [0.717, 1.165) is 24.1 Å². The molecule has 7 rings (SSSR count). The number of fused-ring (bicyclic) bond motifs is 3. The highest BCUT2D eigenvalue weighted by Gasteiger charge is 2.17. The highest BCUT2D eigenvalue weighted by Crippen LogP contribution is 2.44. The van der Waals surface area contributed by atoms with Crippen molar-refractivity contribution in [2.24, 2.45) is 0 Å². The van der Waals surface area contributed by atoms with Crippen LogP contribution >= 0.6 is 0 Å². The van der Waals surface area contributed by atoms with Crippen LogP contribution in [0.2, 0.25) is 0 Å². The summed E-state index contributed by atoms with van der Waals surface area (Å²) < 4.78 is 0. The molecule has 37 heavy (non-hydrogen) atoms. The van der Waals surface area contributed by atoms with E-state index in [-0.39, 0.29) is 0 Å². The Morgan fingerprint density at radius 3 is 1.81 bits per heavy atom. The van der Waals surface area contributed by atoms with E-state index >= 15 is 0 Å². The fraction of sp³-hybridized carbons (Fsp3) is 0.0833. The Balaban J connectivity index is 1.46. The molecule has 0 fully saturated rings. The molecule has 0 bridgehead atoms. The topological polar surface area (TPSA) is 12.9 Å². The third-order valence-corrected chi connectivity index (χ3v) is 7.62. The lowest BCUT2D eigenvalue weighted by molar-refractivity contribution is 0.986. The molecular formula is C36H27N. The van der Waals surface area contributed by atoms with E-state index in [1.165, 1.54) is 60.5 Å². The lowest BCUT2D eigenvalue weighted by Gasteiger charge is -2.19. The summed E-state index contributed by atoms with van der Waals surface area (Å²) in [5, 5.41) is 5.17. The van der Waals surface area contributed by atoms with E-state index in [1.807, 2.05) is 6.20 Å². The van der Waals surface area contributed by atoms with Gasteiger partial charge in [-0.15, -0.1) is 0 Å². The first-order valence-electron chi connectivity index (χ1n) is 13.0. The number of hydrogen-bond acceptors (Lipinski definition) is 1. The standard InChI is InChI=1S/C36H27N/c1-24-14-21-34(37-23-24)26-16-18-27(19-17-26)35-30-10-4-6-12-32(30)36(33-13-7-5-11-31(33)35)29-20-15-25-8-2-3-9-28(25)22-29/h2,4-8,10-23H,3,9H2,1H3. The van der Waals surface area contributed by atoms with Crippen LogP contribution in [0.3, 0.4) is 0 Å². The Kier molecular flexibility index (Phi) is 5.22. The minimum atomic E-state index is 1.00. The first-order valence-corrected chi connectivity index (χ1v) is 13.0. The zero-order chi connectivity index (χ0) is 24.8. The van der Waals surface area contributed by atoms with Gasteiger partial charge >= 0.3 is 0 Å². The Hall–Kier alpha value is -4.49. The predicted molar refractivity (Wildman–Crippen MR) is 158 cm³/mol. The second-order valence-electron chi connectivity index (χ2n) is 9.99. The van der Waals surface area contributed by atoms with Crippen LogP contribution in [-0.2, 0) is 6.42 Å². The van der Waals surface area contributed by atoms with Gasteiger partial charge in [-0.1, -0.05) is 109 Å². The fourth-order valence-corrected chi connectivity index (χ4v) is 5.79. The van der Waals surface area contributed by atoms with Crippen molar-refractivity contribution in [1.82, 2.24) is 4.98 Å². The van der Waals surface area contributed by atoms with Crippen LogP contribution in [0.4, 0.5) is 0 Å². The number of allylic oxidation sites excluding steroid dienone is 1. The van der Waals surface area contributed by atoms with Crippen LogP contribution in [-0.4, -0.2) is 4.98 Å². The van der Waals surface area contributed by atoms with Crippen molar-refractivity contribution in [1.29, 1.82) is 0 Å². The summed E-state index contributed by atoms with van der Waals surface area (Å²) in [4.78, 5) is 4.62. The highest BCUT2D eigenvalue weighted by atomic mass is 14.7. The second-order valence-corrected chi connectivity index (χ2v) is 9.99. The van der Waals surface area contributed by atoms with Gasteiger partial charge in [0.25, 0.3) is 0 Å². The van der Waals surface area contributed by atoms with Crippen molar-refractivity contribution in [2.45, 2.75) is 19.8 Å². The number of hydrogen-bond donors (Lipinski definition) is 0. The maximum atomic E-state index is 4.62. The zero-order valence-electron chi connectivity index (χ0n) is 20.9. The van der Waals surface area contributed by atoms with Gasteiger partial charge in [-0.05, 0) is 86.3 Å². The molecule has 0 saturated heterocycles. The maximum absolute atomic E-state index is 4.62. The third-order valence-electron chi connectivity index (χ3n) is 7.62. The molecule has 1 aliphatic carbocycles. The van der Waals surface area contributed by atoms with Crippen LogP contribution in [0.1, 0.15) is 23.1 Å². The summed E-state index contributed by atoms with van der Waals surface area (Å²) in [6.07, 6.45) is 8.69. The molecule has 0 saturated carbocycles. The Morgan fingerprint density at radius 2 is 1.19 bits per heavy atom. The Morgan fingerprint density at radius 1 is 0.595 bits per heavy atom. The zero-order valence-corrected chi connectivity index (χ0v) is 20.9. The minimum absolute atomic E-state index is 1.00. The van der Waals surface area contributed by atoms with E-state index < -0.39 is 0 Å². The summed E-state index contributed by atoms with van der Waals surface area (Å²) in [5.41, 5.74) is 11.3. The number of rotatable bonds is 3. The smallest absolute Gasteiger partial charge is 0.0702 e. The average Bonchev–Trinajstić information content (AvgIpc) is 2.96. The van der Waals surface area contributed by atoms with Gasteiger partial charge in [-0.3, -0.25) is 4.98 Å². The van der Waals surface area contributed by atoms with Crippen molar-refractivity contribution < 1.29 is 0 Å². The molecule has 5 aromatic carbocycles. The highest BCUT2D eigenvalue weighted by molar-refractivity contribution is 6.21. The van der Waals surface area contributed by atoms with Crippen molar-refractivity contribution in [3.05, 3.63) is 132 Å². The SMILES string of the molecule is Cc1ccc(-c2ccc(-c3c4ccccc4c(-c4ccc5c(c4)CCC=C5)c4ccccc34)cc2)nc1. The number of aryl methyl sites for hydroxylation is 2. The Labute approximate surface area is 217 Å². The van der Waals surface area contributed by atoms with Crippen molar-refractivity contribution in [2.75, 3.05) is 0 Å². The van der Waals surface area contributed by atoms with Gasteiger partial charge in [-0.25, -0.2) is 0 Å². The molecule has 0 atom stereocenters. The molecule has 1 aliphatic rings. The molecule has 0 radical (unpaired) electrons. The van der Waals surface area contributed by atoms with Gasteiger partial charge in [0.15, 0.2) is 0 Å². The van der Waals surface area contributed by atoms with Crippen LogP contribution in [0.15, 0.2) is 115 Å². The lowest BCUT2D eigenvalue weighted by Crippen LogP contribution is -1.96. The molecule has 1 heterocycles. The summed E-state index contributed by atoms with van der Waals surface area (Å²) in [5.74, 6) is 0. The summed E-state index contributed by atoms with van der Waals surface area (Å²) in [6, 6.07) is 37.9. The van der Waals surface area contributed by atoms with Crippen LogP contribution in [0.5, 0.6) is 0 Å². The summed E-state index contributed by atoms with van der Waals surface area (Å²) >= 11 is 0. The first kappa shape index (κ1) is 21.8. The molecule has 6 aromatic rings. The molecule has 0 N–H and O–H groups in total. The van der Waals surface area contributed by atoms with Gasteiger partial charge < -0.3 is 0 Å². The number of aromatic nitrogens is 1. The Bertz CT molecular complexity index is 1750. The summed E-state index contributed by atoms with van der Waals surface area (Å²) in [7, 11) is 0. The molecule has 0 aliphatic heterocycles. The van der Waals surface area contributed by atoms with Crippen molar-refractivity contribution in [3.8, 4) is 33.5 Å². The van der Waals surface area contributed by atoms with Crippen molar-refractivity contribution >= 4 is 27.6 Å². The third kappa shape index (κ3) is 3.75. The van der Waals surface area contributed by atoms with E-state index in [0.29, 0.717) is 0 Å². The number of nitrogens with zero attached hydrogens (tertiary/aromatic N) is 1. The van der Waals surface area contributed by atoms with E-state index in [4.69, 9.17) is 0 Å². The van der Waals surface area contributed by atoms with Gasteiger partial charge in [0, 0.05) is 11.8 Å². The fourth-order valence-electron chi connectivity index (χ4n) is 5.79. The van der Waals surface area contributed by atoms with E-state index in [2.05, 4.69) is 127 Å². The van der Waals surface area contributed by atoms with E-state index in [1.54, 1.807) is 0 Å². The van der Waals surface area contributed by atoms with Gasteiger partial charge in [0.05, 0.1) is 5.69 Å². The average molecular weight is 474 g/mol. The number of benzene rings is 5. The van der Waals surface area contributed by atoms with Gasteiger partial charge in [0.1, 0.15) is 0 Å². The predicted octanol–water partition coefficient (Wildman–Crippen LogP) is 9.66. The van der Waals surface area contributed by atoms with Gasteiger partial charge in [-0.2, -0.15) is 0 Å². The van der Waals surface area contributed by atoms with E-state index in [9.17, 15) is 0 Å². The monoisotopic (exact) mass is 473 g/mol. The second kappa shape index (κ2) is 8.87. The number of pyridine rings is 1. The van der Waals surface area contributed by atoms with Crippen LogP contribution < -0.4 is 0 Å². The summed E-state index contributed by atoms with van der Waals surface area (Å²) in [6.45, 7) is 2.07. The molecule has 1 heteroatoms. The largest absolute Gasteiger partial charge is 0.256 e. The molecule has 0 amide bonds. The molecule has 1 aromatic heterocycles. The quantitative estimate of drug-likeness (QED) is 0.233. The van der Waals surface area contributed by atoms with Crippen molar-refractivity contribution in [3.63, 3.8) is 0 Å². The minimum Gasteiger partial charge on any atom is -0.256 e. The molecule has 0 unspecified atom stereocenters. The van der Waals surface area contributed by atoms with Gasteiger partial charge in [0.2, 0.25) is 0 Å². The molecule has 0 spiro atoms. The molecule has 176 valence electrons. The molecular weight excluding hydrogens is 446 g/mol. The maximum Gasteiger partial charge on any atom is 0.0702 e. The molecule has 1 nitrogen and oxygen atoms in total. The normalized spacial score (nSPS) is 12.7. The van der Waals surface area contributed by atoms with Crippen LogP contribution in [0.25, 0.3) is 61.1 Å². The lowest BCUT2D eigenvalue weighted by atomic mass is 9.84.